The minimum Gasteiger partial charge on any atom is -0.497 e. The van der Waals surface area contributed by atoms with Gasteiger partial charge in [0.05, 0.1) is 26.0 Å². The van der Waals surface area contributed by atoms with E-state index in [2.05, 4.69) is 76.6 Å². The zero-order valence-electron chi connectivity index (χ0n) is 30.6. The van der Waals surface area contributed by atoms with Crippen LogP contribution in [-0.4, -0.2) is 84.6 Å². The lowest BCUT2D eigenvalue weighted by molar-refractivity contribution is 0.271. The van der Waals surface area contributed by atoms with Crippen LogP contribution in [0.1, 0.15) is 12.5 Å². The van der Waals surface area contributed by atoms with Crippen molar-refractivity contribution in [1.82, 2.24) is 44.8 Å². The van der Waals surface area contributed by atoms with Crippen LogP contribution in [0.5, 0.6) is 5.75 Å². The lowest BCUT2D eigenvalue weighted by Crippen LogP contribution is -2.46. The average Bonchev–Trinajstić information content (AvgIpc) is 3.90. The molecular weight excluding hydrogens is 710 g/mol. The molecule has 13 heteroatoms. The van der Waals surface area contributed by atoms with Crippen LogP contribution >= 0.6 is 11.6 Å². The second-order valence-corrected chi connectivity index (χ2v) is 13.5. The molecule has 5 heterocycles. The van der Waals surface area contributed by atoms with Crippen molar-refractivity contribution in [1.29, 1.82) is 0 Å². The van der Waals surface area contributed by atoms with E-state index in [9.17, 15) is 0 Å². The Balaban J connectivity index is 0.000000158. The lowest BCUT2D eigenvalue weighted by Gasteiger charge is -2.35. The van der Waals surface area contributed by atoms with Gasteiger partial charge >= 0.3 is 0 Å². The molecule has 4 aromatic heterocycles. The number of anilines is 3. The molecule has 0 spiro atoms. The fourth-order valence-corrected chi connectivity index (χ4v) is 6.72. The van der Waals surface area contributed by atoms with Gasteiger partial charge in [-0.1, -0.05) is 91.3 Å². The van der Waals surface area contributed by atoms with E-state index in [-0.39, 0.29) is 0 Å². The molecule has 2 N–H and O–H groups in total. The summed E-state index contributed by atoms with van der Waals surface area (Å²) in [6, 6.07) is 36.2. The summed E-state index contributed by atoms with van der Waals surface area (Å²) in [6.45, 7) is 8.36. The van der Waals surface area contributed by atoms with Gasteiger partial charge in [0.25, 0.3) is 0 Å². The highest BCUT2D eigenvalue weighted by molar-refractivity contribution is 6.33. The Morgan fingerprint density at radius 2 is 1.40 bits per heavy atom. The predicted molar refractivity (Wildman–Crippen MR) is 219 cm³/mol. The van der Waals surface area contributed by atoms with Crippen molar-refractivity contribution in [3.05, 3.63) is 132 Å². The highest BCUT2D eigenvalue weighted by Crippen LogP contribution is 2.28. The first-order chi connectivity index (χ1) is 27.0. The SMILES string of the molecule is CCN1CCN(c2ccc(Nc3nc(-c4ccccc4)nc4cn[nH]c34)cc2)CC1.COc1ccc(Cn2cc3nc(-c4ccccc4)nc(Cl)c3n2)cc1. The smallest absolute Gasteiger partial charge is 0.162 e. The molecule has 0 radical (unpaired) electrons. The maximum absolute atomic E-state index is 6.32. The molecule has 0 bridgehead atoms. The first-order valence-electron chi connectivity index (χ1n) is 18.2. The van der Waals surface area contributed by atoms with Crippen molar-refractivity contribution in [3.8, 4) is 28.5 Å². The summed E-state index contributed by atoms with van der Waals surface area (Å²) in [5.41, 5.74) is 8.18. The third-order valence-electron chi connectivity index (χ3n) is 9.55. The van der Waals surface area contributed by atoms with E-state index in [0.717, 1.165) is 83.2 Å². The number of nitrogens with one attached hydrogen (secondary N) is 2. The standard InChI is InChI=1S/C23H25N7.C19H15ClN4O/c1-2-29-12-14-30(15-13-29)19-10-8-18(9-11-19)25-23-21-20(16-24-28-21)26-22(27-23)17-6-4-3-5-7-17;1-25-15-9-7-13(8-10-15)11-24-12-16-17(23-24)18(20)22-19(21-16)14-5-3-2-4-6-14/h3-11,16H,2,12-15H2,1H3,(H,24,28)(H,25,26,27);2-10,12H,11H2,1H3. The van der Waals surface area contributed by atoms with E-state index in [1.165, 1.54) is 5.69 Å². The van der Waals surface area contributed by atoms with Crippen LogP contribution in [0.4, 0.5) is 17.2 Å². The molecule has 0 aliphatic carbocycles. The molecule has 0 unspecified atom stereocenters. The number of rotatable bonds is 9. The zero-order valence-corrected chi connectivity index (χ0v) is 31.4. The fraction of sp³-hybridized carbons (Fsp3) is 0.190. The van der Waals surface area contributed by atoms with Gasteiger partial charge in [-0.15, -0.1) is 0 Å². The highest BCUT2D eigenvalue weighted by atomic mass is 35.5. The Labute approximate surface area is 323 Å². The Morgan fingerprint density at radius 3 is 2.05 bits per heavy atom. The molecule has 1 fully saturated rings. The van der Waals surface area contributed by atoms with Crippen LogP contribution in [0, 0.1) is 0 Å². The van der Waals surface area contributed by atoms with Gasteiger partial charge in [0.1, 0.15) is 27.8 Å². The van der Waals surface area contributed by atoms with E-state index in [1.807, 2.05) is 95.8 Å². The van der Waals surface area contributed by atoms with Gasteiger partial charge in [0.2, 0.25) is 0 Å². The summed E-state index contributed by atoms with van der Waals surface area (Å²) in [7, 11) is 1.65. The highest BCUT2D eigenvalue weighted by Gasteiger charge is 2.17. The van der Waals surface area contributed by atoms with Crippen LogP contribution in [0.2, 0.25) is 5.15 Å². The molecule has 276 valence electrons. The number of halogens is 1. The Morgan fingerprint density at radius 1 is 0.745 bits per heavy atom. The molecule has 0 saturated carbocycles. The average molecular weight is 750 g/mol. The summed E-state index contributed by atoms with van der Waals surface area (Å²) < 4.78 is 7.00. The number of piperazine rings is 1. The van der Waals surface area contributed by atoms with Crippen molar-refractivity contribution >= 4 is 50.9 Å². The second-order valence-electron chi connectivity index (χ2n) is 13.1. The number of hydrogen-bond donors (Lipinski definition) is 2. The third-order valence-corrected chi connectivity index (χ3v) is 9.81. The Bertz CT molecular complexity index is 2480. The number of H-pyrrole nitrogens is 1. The Hall–Kier alpha value is -6.37. The van der Waals surface area contributed by atoms with E-state index < -0.39 is 0 Å². The topological polar surface area (TPSA) is 126 Å². The molecule has 1 saturated heterocycles. The number of fused-ring (bicyclic) bond motifs is 2. The van der Waals surface area contributed by atoms with Gasteiger partial charge in [-0.25, -0.2) is 19.9 Å². The Kier molecular flexibility index (Phi) is 10.6. The molecule has 1 aliphatic rings. The molecule has 12 nitrogen and oxygen atoms in total. The van der Waals surface area contributed by atoms with Gasteiger partial charge in [0, 0.05) is 48.7 Å². The largest absolute Gasteiger partial charge is 0.497 e. The third kappa shape index (κ3) is 8.25. The summed E-state index contributed by atoms with van der Waals surface area (Å²) in [5, 5.41) is 15.5. The van der Waals surface area contributed by atoms with Crippen LogP contribution < -0.4 is 15.0 Å². The van der Waals surface area contributed by atoms with Crippen LogP contribution in [0.3, 0.4) is 0 Å². The van der Waals surface area contributed by atoms with Crippen LogP contribution in [0.15, 0.2) is 122 Å². The molecule has 0 amide bonds. The minimum absolute atomic E-state index is 0.359. The molecule has 9 rings (SSSR count). The van der Waals surface area contributed by atoms with Crippen molar-refractivity contribution in [2.75, 3.05) is 50.1 Å². The van der Waals surface area contributed by atoms with Crippen molar-refractivity contribution in [2.45, 2.75) is 13.5 Å². The first-order valence-corrected chi connectivity index (χ1v) is 18.6. The van der Waals surface area contributed by atoms with Crippen molar-refractivity contribution in [3.63, 3.8) is 0 Å². The van der Waals surface area contributed by atoms with Crippen LogP contribution in [0.25, 0.3) is 44.8 Å². The van der Waals surface area contributed by atoms with Gasteiger partial charge in [0.15, 0.2) is 22.6 Å². The molecule has 0 atom stereocenters. The second kappa shape index (κ2) is 16.3. The molecule has 4 aromatic carbocycles. The normalized spacial score (nSPS) is 13.1. The summed E-state index contributed by atoms with van der Waals surface area (Å²) in [6.07, 6.45) is 3.62. The summed E-state index contributed by atoms with van der Waals surface area (Å²) >= 11 is 6.32. The van der Waals surface area contributed by atoms with E-state index >= 15 is 0 Å². The maximum Gasteiger partial charge on any atom is 0.162 e. The van der Waals surface area contributed by atoms with Crippen molar-refractivity contribution in [2.24, 2.45) is 0 Å². The van der Waals surface area contributed by atoms with Gasteiger partial charge in [-0.2, -0.15) is 10.2 Å². The van der Waals surface area contributed by atoms with Gasteiger partial charge in [-0.3, -0.25) is 9.78 Å². The van der Waals surface area contributed by atoms with E-state index in [0.29, 0.717) is 28.9 Å². The monoisotopic (exact) mass is 749 g/mol. The lowest BCUT2D eigenvalue weighted by atomic mass is 10.2. The first kappa shape index (κ1) is 35.6. The van der Waals surface area contributed by atoms with Gasteiger partial charge in [-0.05, 0) is 48.5 Å². The quantitative estimate of drug-likeness (QED) is 0.140. The molecule has 55 heavy (non-hydrogen) atoms. The van der Waals surface area contributed by atoms with Crippen molar-refractivity contribution < 1.29 is 4.74 Å². The number of hydrogen-bond acceptors (Lipinski definition) is 10. The number of aromatic amines is 1. The predicted octanol–water partition coefficient (Wildman–Crippen LogP) is 8.11. The van der Waals surface area contributed by atoms with E-state index in [1.54, 1.807) is 13.3 Å². The number of ether oxygens (including phenoxy) is 1. The molecule has 8 aromatic rings. The number of likely N-dealkylation sites (N-methyl/N-ethyl adjacent to an activating group) is 1. The van der Waals surface area contributed by atoms with Crippen LogP contribution in [-0.2, 0) is 6.54 Å². The summed E-state index contributed by atoms with van der Waals surface area (Å²) in [5.74, 6) is 2.83. The number of methoxy groups -OCH3 is 1. The number of benzene rings is 4. The van der Waals surface area contributed by atoms with Gasteiger partial charge < -0.3 is 19.9 Å². The number of aromatic nitrogens is 8. The molecule has 1 aliphatic heterocycles. The molecular formula is C42H40ClN11O. The summed E-state index contributed by atoms with van der Waals surface area (Å²) in [4.78, 5) is 23.3. The fourth-order valence-electron chi connectivity index (χ4n) is 6.50. The van der Waals surface area contributed by atoms with E-state index in [4.69, 9.17) is 21.3 Å². The zero-order chi connectivity index (χ0) is 37.6. The maximum atomic E-state index is 6.32. The minimum atomic E-state index is 0.359. The number of nitrogens with zero attached hydrogens (tertiary/aromatic N) is 9.